The molecule has 0 amide bonds. The highest BCUT2D eigenvalue weighted by Gasteiger charge is 2.13. The monoisotopic (exact) mass is 222 g/mol. The van der Waals surface area contributed by atoms with Gasteiger partial charge in [0.1, 0.15) is 0 Å². The van der Waals surface area contributed by atoms with Crippen molar-refractivity contribution in [3.05, 3.63) is 22.7 Å². The molecule has 1 aromatic rings. The van der Waals surface area contributed by atoms with E-state index in [1.807, 2.05) is 0 Å². The summed E-state index contributed by atoms with van der Waals surface area (Å²) in [5, 5.41) is 6.52. The average molecular weight is 222 g/mol. The van der Waals surface area contributed by atoms with Gasteiger partial charge in [-0.1, -0.05) is 0 Å². The Morgan fingerprint density at radius 2 is 2.56 bits per heavy atom. The smallest absolute Gasteiger partial charge is 0.293 e. The highest BCUT2D eigenvalue weighted by Crippen LogP contribution is 2.08. The van der Waals surface area contributed by atoms with E-state index in [2.05, 4.69) is 15.6 Å². The number of hydrogen-bond acceptors (Lipinski definition) is 4. The summed E-state index contributed by atoms with van der Waals surface area (Å²) in [6.45, 7) is 1.92. The number of rotatable bonds is 4. The van der Waals surface area contributed by atoms with Crippen LogP contribution in [0.1, 0.15) is 19.3 Å². The van der Waals surface area contributed by atoms with Crippen LogP contribution in [-0.2, 0) is 7.05 Å². The quantitative estimate of drug-likeness (QED) is 0.771. The summed E-state index contributed by atoms with van der Waals surface area (Å²) in [6, 6.07) is 0.597. The minimum Gasteiger partial charge on any atom is -0.365 e. The Kier molecular flexibility index (Phi) is 3.56. The molecule has 0 aromatic carbocycles. The Balaban J connectivity index is 1.85. The molecule has 0 spiro atoms. The van der Waals surface area contributed by atoms with E-state index < -0.39 is 0 Å². The molecule has 2 N–H and O–H groups in total. The molecule has 0 aliphatic carbocycles. The average Bonchev–Trinajstić information content (AvgIpc) is 2.77. The van der Waals surface area contributed by atoms with Gasteiger partial charge >= 0.3 is 0 Å². The molecule has 1 aromatic heterocycles. The van der Waals surface area contributed by atoms with Crippen LogP contribution in [0.15, 0.2) is 17.2 Å². The number of aryl methyl sites for hydroxylation is 1. The molecule has 2 heterocycles. The highest BCUT2D eigenvalue weighted by molar-refractivity contribution is 5.30. The first-order valence-corrected chi connectivity index (χ1v) is 5.76. The van der Waals surface area contributed by atoms with Crippen molar-refractivity contribution in [2.45, 2.75) is 25.3 Å². The van der Waals surface area contributed by atoms with Gasteiger partial charge in [0.15, 0.2) is 5.82 Å². The lowest BCUT2D eigenvalue weighted by molar-refractivity contribution is 0.573. The van der Waals surface area contributed by atoms with E-state index in [1.165, 1.54) is 17.4 Å². The molecule has 0 bridgehead atoms. The van der Waals surface area contributed by atoms with E-state index >= 15 is 0 Å². The van der Waals surface area contributed by atoms with Gasteiger partial charge in [-0.3, -0.25) is 4.79 Å². The number of hydrogen-bond donors (Lipinski definition) is 2. The molecular formula is C11H18N4O. The van der Waals surface area contributed by atoms with Gasteiger partial charge in [-0.2, -0.15) is 0 Å². The molecule has 5 heteroatoms. The lowest BCUT2D eigenvalue weighted by Gasteiger charge is -2.10. The Labute approximate surface area is 94.9 Å². The van der Waals surface area contributed by atoms with E-state index in [-0.39, 0.29) is 5.56 Å². The van der Waals surface area contributed by atoms with Gasteiger partial charge in [0.25, 0.3) is 5.56 Å². The van der Waals surface area contributed by atoms with Crippen molar-refractivity contribution in [1.29, 1.82) is 0 Å². The van der Waals surface area contributed by atoms with Crippen molar-refractivity contribution in [2.75, 3.05) is 18.4 Å². The third-order valence-corrected chi connectivity index (χ3v) is 2.96. The summed E-state index contributed by atoms with van der Waals surface area (Å²) >= 11 is 0. The molecule has 5 nitrogen and oxygen atoms in total. The normalized spacial score (nSPS) is 19.9. The maximum atomic E-state index is 11.6. The Morgan fingerprint density at radius 1 is 1.69 bits per heavy atom. The van der Waals surface area contributed by atoms with E-state index in [9.17, 15) is 4.79 Å². The largest absolute Gasteiger partial charge is 0.365 e. The van der Waals surface area contributed by atoms with Crippen LogP contribution >= 0.6 is 0 Å². The maximum absolute atomic E-state index is 11.6. The van der Waals surface area contributed by atoms with Crippen LogP contribution in [0.25, 0.3) is 0 Å². The zero-order valence-electron chi connectivity index (χ0n) is 9.57. The highest BCUT2D eigenvalue weighted by atomic mass is 16.1. The molecule has 1 aliphatic rings. The molecule has 1 fully saturated rings. The summed E-state index contributed by atoms with van der Waals surface area (Å²) in [5.41, 5.74) is -0.0677. The van der Waals surface area contributed by atoms with Crippen molar-refractivity contribution in [3.8, 4) is 0 Å². The molecule has 0 saturated carbocycles. The summed E-state index contributed by atoms with van der Waals surface area (Å²) in [5.74, 6) is 0.447. The van der Waals surface area contributed by atoms with Crippen molar-refractivity contribution in [1.82, 2.24) is 14.9 Å². The van der Waals surface area contributed by atoms with Crippen LogP contribution < -0.4 is 16.2 Å². The predicted octanol–water partition coefficient (Wildman–Crippen LogP) is 0.334. The second-order valence-corrected chi connectivity index (χ2v) is 4.20. The molecule has 0 unspecified atom stereocenters. The van der Waals surface area contributed by atoms with Crippen LogP contribution in [0.4, 0.5) is 5.82 Å². The SMILES string of the molecule is Cn1ccnc(NCC[C@@H]2CCCN2)c1=O. The topological polar surface area (TPSA) is 59.0 Å². The van der Waals surface area contributed by atoms with Crippen molar-refractivity contribution in [3.63, 3.8) is 0 Å². The number of nitrogens with zero attached hydrogens (tertiary/aromatic N) is 2. The Morgan fingerprint density at radius 3 is 3.31 bits per heavy atom. The van der Waals surface area contributed by atoms with Crippen LogP contribution in [-0.4, -0.2) is 28.7 Å². The molecule has 2 rings (SSSR count). The molecule has 1 saturated heterocycles. The van der Waals surface area contributed by atoms with E-state index in [4.69, 9.17) is 0 Å². The molecular weight excluding hydrogens is 204 g/mol. The third kappa shape index (κ3) is 2.61. The van der Waals surface area contributed by atoms with Gasteiger partial charge in [0.2, 0.25) is 0 Å². The summed E-state index contributed by atoms with van der Waals surface area (Å²) in [7, 11) is 1.73. The molecule has 1 aliphatic heterocycles. The Bertz CT molecular complexity index is 395. The maximum Gasteiger partial charge on any atom is 0.293 e. The predicted molar refractivity (Wildman–Crippen MR) is 63.6 cm³/mol. The zero-order chi connectivity index (χ0) is 11.4. The van der Waals surface area contributed by atoms with Crippen molar-refractivity contribution >= 4 is 5.82 Å². The minimum absolute atomic E-state index is 0.0677. The van der Waals surface area contributed by atoms with Crippen LogP contribution in [0.3, 0.4) is 0 Å². The van der Waals surface area contributed by atoms with Gasteiger partial charge in [0, 0.05) is 32.0 Å². The standard InChI is InChI=1S/C11H18N4O/c1-15-8-7-14-10(11(15)16)13-6-4-9-3-2-5-12-9/h7-9,12H,2-6H2,1H3,(H,13,14)/t9-/m0/s1. The van der Waals surface area contributed by atoms with Crippen LogP contribution in [0.5, 0.6) is 0 Å². The second-order valence-electron chi connectivity index (χ2n) is 4.20. The molecule has 0 radical (unpaired) electrons. The molecule has 88 valence electrons. The first-order chi connectivity index (χ1) is 7.77. The Hall–Kier alpha value is -1.36. The minimum atomic E-state index is -0.0677. The van der Waals surface area contributed by atoms with Gasteiger partial charge in [-0.25, -0.2) is 4.98 Å². The van der Waals surface area contributed by atoms with Crippen LogP contribution in [0, 0.1) is 0 Å². The fraction of sp³-hybridized carbons (Fsp3) is 0.636. The number of nitrogens with one attached hydrogen (secondary N) is 2. The van der Waals surface area contributed by atoms with E-state index in [0.29, 0.717) is 11.9 Å². The summed E-state index contributed by atoms with van der Waals surface area (Å²) < 4.78 is 1.53. The fourth-order valence-electron chi connectivity index (χ4n) is 1.99. The lowest BCUT2D eigenvalue weighted by atomic mass is 10.1. The lowest BCUT2D eigenvalue weighted by Crippen LogP contribution is -2.27. The van der Waals surface area contributed by atoms with Gasteiger partial charge < -0.3 is 15.2 Å². The zero-order valence-corrected chi connectivity index (χ0v) is 9.57. The fourth-order valence-corrected chi connectivity index (χ4v) is 1.99. The van der Waals surface area contributed by atoms with Crippen LogP contribution in [0.2, 0.25) is 0 Å². The summed E-state index contributed by atoms with van der Waals surface area (Å²) in [6.07, 6.45) is 6.83. The number of anilines is 1. The molecule has 1 atom stereocenters. The third-order valence-electron chi connectivity index (χ3n) is 2.96. The summed E-state index contributed by atoms with van der Waals surface area (Å²) in [4.78, 5) is 15.7. The first kappa shape index (κ1) is 11.1. The number of aromatic nitrogens is 2. The van der Waals surface area contributed by atoms with Crippen molar-refractivity contribution < 1.29 is 0 Å². The molecule has 16 heavy (non-hydrogen) atoms. The van der Waals surface area contributed by atoms with Gasteiger partial charge in [-0.05, 0) is 25.8 Å². The first-order valence-electron chi connectivity index (χ1n) is 5.76. The van der Waals surface area contributed by atoms with Crippen molar-refractivity contribution in [2.24, 2.45) is 7.05 Å². The van der Waals surface area contributed by atoms with Gasteiger partial charge in [0.05, 0.1) is 0 Å². The van der Waals surface area contributed by atoms with Gasteiger partial charge in [-0.15, -0.1) is 0 Å². The second kappa shape index (κ2) is 5.12. The van der Waals surface area contributed by atoms with E-state index in [0.717, 1.165) is 19.5 Å². The van der Waals surface area contributed by atoms with E-state index in [1.54, 1.807) is 19.4 Å².